The van der Waals surface area contributed by atoms with E-state index in [1.807, 2.05) is 24.3 Å². The number of aryl methyl sites for hydroxylation is 1. The topological polar surface area (TPSA) is 66.9 Å². The molecule has 3 aliphatic rings. The van der Waals surface area contributed by atoms with Crippen LogP contribution in [0.2, 0.25) is 5.02 Å². The fraction of sp³-hybridized carbons (Fsp3) is 0.378. The van der Waals surface area contributed by atoms with E-state index >= 15 is 0 Å². The number of carbonyl (C=O) groups is 3. The largest absolute Gasteiger partial charge is 0.461 e. The zero-order valence-electron chi connectivity index (χ0n) is 25.2. The molecule has 2 amide bonds. The molecule has 0 N–H and O–H groups in total. The molecule has 0 spiro atoms. The van der Waals surface area contributed by atoms with Gasteiger partial charge in [0, 0.05) is 35.9 Å². The molecule has 3 aromatic rings. The summed E-state index contributed by atoms with van der Waals surface area (Å²) in [4.78, 5) is 42.9. The molecule has 3 atom stereocenters. The molecule has 1 unspecified atom stereocenters. The van der Waals surface area contributed by atoms with Gasteiger partial charge in [0.15, 0.2) is 0 Å². The molecule has 44 heavy (non-hydrogen) atoms. The van der Waals surface area contributed by atoms with Crippen molar-refractivity contribution in [2.45, 2.75) is 45.4 Å². The molecule has 228 valence electrons. The van der Waals surface area contributed by atoms with E-state index in [0.29, 0.717) is 16.6 Å². The van der Waals surface area contributed by atoms with E-state index in [-0.39, 0.29) is 35.8 Å². The Morgan fingerprint density at radius 1 is 1.02 bits per heavy atom. The lowest BCUT2D eigenvalue weighted by Gasteiger charge is -2.51. The number of imide groups is 1. The molecule has 0 aromatic heterocycles. The minimum atomic E-state index is -0.510. The standard InChI is InChI=1S/C37H39ClN2O4/c1-26-21-34(41)40(35(26)42)33-14-6-5-13-31(33)36(43)44-25-37-19-7-12-29(32(37)22-28-15-17-30(38)18-16-28)23-39(24-37)20-8-11-27-9-3-2-4-10-27/h2-6,9-10,13-18,22,26,29H,7-8,11-12,19-21,23-25H2,1H3/b32-22+/t26?,29-,37+/m0/s1. The van der Waals surface area contributed by atoms with Gasteiger partial charge < -0.3 is 9.64 Å². The number of anilines is 1. The Morgan fingerprint density at radius 3 is 2.52 bits per heavy atom. The number of carbonyl (C=O) groups excluding carboxylic acids is 3. The maximum absolute atomic E-state index is 13.7. The Labute approximate surface area is 264 Å². The van der Waals surface area contributed by atoms with E-state index in [9.17, 15) is 14.4 Å². The number of esters is 1. The van der Waals surface area contributed by atoms with Crippen molar-refractivity contribution in [1.82, 2.24) is 4.90 Å². The van der Waals surface area contributed by atoms with Crippen molar-refractivity contribution in [3.63, 3.8) is 0 Å². The summed E-state index contributed by atoms with van der Waals surface area (Å²) in [7, 11) is 0. The summed E-state index contributed by atoms with van der Waals surface area (Å²) in [5, 5.41) is 0.701. The second-order valence-corrected chi connectivity index (χ2v) is 13.0. The van der Waals surface area contributed by atoms with Gasteiger partial charge in [-0.1, -0.05) is 91.2 Å². The van der Waals surface area contributed by atoms with Crippen molar-refractivity contribution in [1.29, 1.82) is 0 Å². The first kappa shape index (κ1) is 30.3. The number of piperidine rings is 1. The van der Waals surface area contributed by atoms with Crippen molar-refractivity contribution < 1.29 is 19.1 Å². The van der Waals surface area contributed by atoms with Gasteiger partial charge in [-0.25, -0.2) is 9.69 Å². The van der Waals surface area contributed by atoms with Gasteiger partial charge in [-0.15, -0.1) is 0 Å². The molecular weight excluding hydrogens is 572 g/mol. The van der Waals surface area contributed by atoms with E-state index in [4.69, 9.17) is 16.3 Å². The fourth-order valence-corrected chi connectivity index (χ4v) is 7.40. The van der Waals surface area contributed by atoms with Crippen molar-refractivity contribution in [2.75, 3.05) is 31.1 Å². The number of rotatable bonds is 9. The number of hydrogen-bond acceptors (Lipinski definition) is 5. The summed E-state index contributed by atoms with van der Waals surface area (Å²) in [6, 6.07) is 25.3. The third kappa shape index (κ3) is 6.38. The van der Waals surface area contributed by atoms with Crippen LogP contribution in [0.5, 0.6) is 0 Å². The van der Waals surface area contributed by atoms with Crippen LogP contribution in [0.25, 0.3) is 6.08 Å². The molecule has 1 aliphatic carbocycles. The molecule has 0 radical (unpaired) electrons. The van der Waals surface area contributed by atoms with Crippen molar-refractivity contribution >= 4 is 41.1 Å². The van der Waals surface area contributed by atoms with Crippen LogP contribution in [0.3, 0.4) is 0 Å². The highest BCUT2D eigenvalue weighted by atomic mass is 35.5. The Morgan fingerprint density at radius 2 is 1.77 bits per heavy atom. The number of fused-ring (bicyclic) bond motifs is 2. The van der Waals surface area contributed by atoms with E-state index < -0.39 is 11.9 Å². The number of para-hydroxylation sites is 1. The molecule has 3 aromatic carbocycles. The second kappa shape index (κ2) is 13.1. The maximum atomic E-state index is 13.7. The molecule has 6 nitrogen and oxygen atoms in total. The van der Waals surface area contributed by atoms with Gasteiger partial charge in [-0.2, -0.15) is 0 Å². The van der Waals surface area contributed by atoms with Gasteiger partial charge in [-0.05, 0) is 73.5 Å². The van der Waals surface area contributed by atoms with Crippen LogP contribution >= 0.6 is 11.6 Å². The highest BCUT2D eigenvalue weighted by molar-refractivity contribution is 6.30. The summed E-state index contributed by atoms with van der Waals surface area (Å²) in [5.41, 5.74) is 4.00. The lowest BCUT2D eigenvalue weighted by molar-refractivity contribution is -0.122. The zero-order chi connectivity index (χ0) is 30.7. The molecule has 6 rings (SSSR count). The summed E-state index contributed by atoms with van der Waals surface area (Å²) in [6.07, 6.45) is 7.62. The second-order valence-electron chi connectivity index (χ2n) is 12.6. The monoisotopic (exact) mass is 610 g/mol. The first-order valence-electron chi connectivity index (χ1n) is 15.7. The first-order chi connectivity index (χ1) is 21.3. The van der Waals surface area contributed by atoms with Crippen LogP contribution < -0.4 is 4.90 Å². The lowest BCUT2D eigenvalue weighted by Crippen LogP contribution is -2.53. The highest BCUT2D eigenvalue weighted by Gasteiger charge is 2.47. The number of halogens is 1. The van der Waals surface area contributed by atoms with E-state index in [2.05, 4.69) is 41.3 Å². The van der Waals surface area contributed by atoms with Gasteiger partial charge in [0.25, 0.3) is 0 Å². The Kier molecular flexibility index (Phi) is 9.01. The summed E-state index contributed by atoms with van der Waals surface area (Å²) in [6.45, 7) is 4.76. The fourth-order valence-electron chi connectivity index (χ4n) is 7.28. The minimum absolute atomic E-state index is 0.145. The van der Waals surface area contributed by atoms with E-state index in [1.54, 1.807) is 31.2 Å². The minimum Gasteiger partial charge on any atom is -0.461 e. The molecule has 2 heterocycles. The van der Waals surface area contributed by atoms with Gasteiger partial charge >= 0.3 is 5.97 Å². The average molecular weight is 611 g/mol. The van der Waals surface area contributed by atoms with Crippen molar-refractivity contribution in [2.24, 2.45) is 17.3 Å². The Balaban J connectivity index is 1.25. The predicted octanol–water partition coefficient (Wildman–Crippen LogP) is 7.21. The molecule has 1 saturated carbocycles. The SMILES string of the molecule is CC1CC(=O)N(c2ccccc2C(=O)OC[C@@]23CCC[C@@H](CN(CCCc4ccccc4)C2)/C3=C\c2ccc(Cl)cc2)C1=O. The molecule has 7 heteroatoms. The molecule has 2 bridgehead atoms. The highest BCUT2D eigenvalue weighted by Crippen LogP contribution is 2.49. The number of nitrogens with zero attached hydrogens (tertiary/aromatic N) is 2. The number of amides is 2. The number of benzene rings is 3. The van der Waals surface area contributed by atoms with Crippen LogP contribution in [-0.2, 0) is 20.7 Å². The van der Waals surface area contributed by atoms with Crippen molar-refractivity contribution in [3.05, 3.63) is 106 Å². The quantitative estimate of drug-likeness (QED) is 0.189. The number of likely N-dealkylation sites (tertiary alicyclic amines) is 1. The van der Waals surface area contributed by atoms with Crippen molar-refractivity contribution in [3.8, 4) is 0 Å². The Bertz CT molecular complexity index is 1550. The van der Waals surface area contributed by atoms with Gasteiger partial charge in [0.2, 0.25) is 11.8 Å². The molecule has 2 saturated heterocycles. The Hall–Kier alpha value is -3.74. The van der Waals surface area contributed by atoms with E-state index in [0.717, 1.165) is 62.2 Å². The third-order valence-electron chi connectivity index (χ3n) is 9.46. The molecular formula is C37H39ClN2O4. The van der Waals surface area contributed by atoms with E-state index in [1.165, 1.54) is 11.1 Å². The number of ether oxygens (including phenoxy) is 1. The van der Waals surface area contributed by atoms with Gasteiger partial charge in [0.1, 0.15) is 6.61 Å². The predicted molar refractivity (Wildman–Crippen MR) is 173 cm³/mol. The van der Waals surface area contributed by atoms with Crippen LogP contribution in [0.4, 0.5) is 5.69 Å². The normalized spacial score (nSPS) is 24.6. The third-order valence-corrected chi connectivity index (χ3v) is 9.71. The smallest absolute Gasteiger partial charge is 0.340 e. The van der Waals surface area contributed by atoms with Crippen LogP contribution in [0, 0.1) is 17.3 Å². The van der Waals surface area contributed by atoms with Crippen LogP contribution in [-0.4, -0.2) is 48.9 Å². The van der Waals surface area contributed by atoms with Crippen LogP contribution in [0.15, 0.2) is 84.4 Å². The lowest BCUT2D eigenvalue weighted by atomic mass is 9.62. The van der Waals surface area contributed by atoms with Gasteiger partial charge in [0.05, 0.1) is 11.3 Å². The van der Waals surface area contributed by atoms with Gasteiger partial charge in [-0.3, -0.25) is 9.59 Å². The average Bonchev–Trinajstić information content (AvgIpc) is 3.28. The van der Waals surface area contributed by atoms with Crippen LogP contribution in [0.1, 0.15) is 60.5 Å². The maximum Gasteiger partial charge on any atom is 0.340 e. The summed E-state index contributed by atoms with van der Waals surface area (Å²) >= 11 is 6.19. The zero-order valence-corrected chi connectivity index (χ0v) is 26.0. The molecule has 3 fully saturated rings. The molecule has 2 aliphatic heterocycles. The summed E-state index contributed by atoms with van der Waals surface area (Å²) < 4.78 is 6.17. The first-order valence-corrected chi connectivity index (χ1v) is 16.1. The number of hydrogen-bond donors (Lipinski definition) is 0. The summed E-state index contributed by atoms with van der Waals surface area (Å²) in [5.74, 6) is -1.11.